The molecule has 65 heavy (non-hydrogen) atoms. The number of methoxy groups -OCH3 is 2. The molecule has 0 saturated carbocycles. The molecule has 8 aromatic rings. The molecule has 0 unspecified atom stereocenters. The number of aryl methyl sites for hydroxylation is 8. The van der Waals surface area contributed by atoms with Crippen LogP contribution in [0.5, 0.6) is 5.75 Å². The normalized spacial score (nSPS) is 9.05. The molecule has 0 aliphatic heterocycles. The van der Waals surface area contributed by atoms with E-state index in [4.69, 9.17) is 16.3 Å². The van der Waals surface area contributed by atoms with Crippen LogP contribution in [0.2, 0.25) is 5.02 Å². The third-order valence-electron chi connectivity index (χ3n) is 8.74. The second kappa shape index (κ2) is 37.8. The van der Waals surface area contributed by atoms with Crippen LogP contribution < -0.4 is 4.74 Å². The number of rotatable bonds is 2. The van der Waals surface area contributed by atoms with Gasteiger partial charge in [0.15, 0.2) is 0 Å². The Morgan fingerprint density at radius 1 is 0.431 bits per heavy atom. The van der Waals surface area contributed by atoms with Crippen molar-refractivity contribution < 1.29 is 13.9 Å². The molecule has 0 heterocycles. The van der Waals surface area contributed by atoms with E-state index in [9.17, 15) is 4.39 Å². The van der Waals surface area contributed by atoms with E-state index in [2.05, 4.69) is 153 Å². The van der Waals surface area contributed by atoms with Gasteiger partial charge in [-0.25, -0.2) is 4.39 Å². The highest BCUT2D eigenvalue weighted by atomic mass is 79.9. The topological polar surface area (TPSA) is 18.5 Å². The Morgan fingerprint density at radius 3 is 1.11 bits per heavy atom. The maximum Gasteiger partial charge on any atom is 0.123 e. The molecule has 0 aliphatic rings. The van der Waals surface area contributed by atoms with E-state index in [1.807, 2.05) is 113 Å². The predicted octanol–water partition coefficient (Wildman–Crippen LogP) is 18.7. The second-order valence-corrected chi connectivity index (χ2v) is 15.9. The largest absolute Gasteiger partial charge is 0.497 e. The summed E-state index contributed by atoms with van der Waals surface area (Å²) in [5.41, 5.74) is 10.2. The molecular weight excluding hydrogens is 887 g/mol. The zero-order valence-corrected chi connectivity index (χ0v) is 43.5. The summed E-state index contributed by atoms with van der Waals surface area (Å²) in [6.07, 6.45) is 0. The summed E-state index contributed by atoms with van der Waals surface area (Å²) >= 11 is 8.96. The summed E-state index contributed by atoms with van der Waals surface area (Å²) in [6, 6.07) is 63.9. The van der Waals surface area contributed by atoms with Crippen molar-refractivity contribution in [2.24, 2.45) is 0 Å². The van der Waals surface area contributed by atoms with Crippen molar-refractivity contribution in [3.8, 4) is 5.75 Å². The fraction of sp³-hybridized carbons (Fsp3) is 0.233. The second-order valence-electron chi connectivity index (χ2n) is 14.6. The maximum atomic E-state index is 12.1. The number of halogens is 3. The highest BCUT2D eigenvalue weighted by molar-refractivity contribution is 9.10. The molecule has 0 fully saturated rings. The Morgan fingerprint density at radius 2 is 0.769 bits per heavy atom. The molecule has 0 saturated heterocycles. The molecule has 0 radical (unpaired) electrons. The van der Waals surface area contributed by atoms with Crippen LogP contribution in [0, 0.1) is 61.2 Å². The van der Waals surface area contributed by atoms with E-state index in [1.165, 1.54) is 61.8 Å². The van der Waals surface area contributed by atoms with Crippen molar-refractivity contribution in [1.82, 2.24) is 0 Å². The van der Waals surface area contributed by atoms with Gasteiger partial charge in [-0.2, -0.15) is 0 Å². The van der Waals surface area contributed by atoms with Crippen molar-refractivity contribution in [3.63, 3.8) is 0 Å². The van der Waals surface area contributed by atoms with Gasteiger partial charge in [-0.1, -0.05) is 226 Å². The van der Waals surface area contributed by atoms with Gasteiger partial charge in [0.2, 0.25) is 0 Å². The van der Waals surface area contributed by atoms with Gasteiger partial charge in [0, 0.05) is 23.2 Å². The lowest BCUT2D eigenvalue weighted by Gasteiger charge is -1.98. The van der Waals surface area contributed by atoms with E-state index in [1.54, 1.807) is 26.4 Å². The van der Waals surface area contributed by atoms with E-state index in [0.717, 1.165) is 27.4 Å². The van der Waals surface area contributed by atoms with Crippen LogP contribution >= 0.6 is 27.5 Å². The minimum Gasteiger partial charge on any atom is -0.497 e. The first-order valence-electron chi connectivity index (χ1n) is 21.9. The molecule has 0 aromatic heterocycles. The SMILES string of the molecule is CC.CCOC.COc1ccc(C)cc1.Cc1ccc(Br)cc1.Cc1ccc(C)cc1.Cc1ccc(Cl)cc1.Cc1ccc(F)cc1.Cc1cccc2ccccc12.Cc1ccccc1. The fourth-order valence-corrected chi connectivity index (χ4v) is 5.22. The average molecular weight is 961 g/mol. The molecule has 0 N–H and O–H groups in total. The summed E-state index contributed by atoms with van der Waals surface area (Å²) < 4.78 is 22.7. The number of fused-ring (bicyclic) bond motifs is 1. The highest BCUT2D eigenvalue weighted by Gasteiger charge is 1.92. The Labute approximate surface area is 406 Å². The van der Waals surface area contributed by atoms with Gasteiger partial charge < -0.3 is 9.47 Å². The van der Waals surface area contributed by atoms with Gasteiger partial charge >= 0.3 is 0 Å². The van der Waals surface area contributed by atoms with Crippen LogP contribution in [0.4, 0.5) is 4.39 Å². The van der Waals surface area contributed by atoms with E-state index in [0.29, 0.717) is 0 Å². The Kier molecular flexibility index (Phi) is 34.6. The number of hydrogen-bond donors (Lipinski definition) is 0. The van der Waals surface area contributed by atoms with Crippen LogP contribution in [0.1, 0.15) is 65.3 Å². The predicted molar refractivity (Wildman–Crippen MR) is 289 cm³/mol. The van der Waals surface area contributed by atoms with E-state index in [-0.39, 0.29) is 5.82 Å². The first-order chi connectivity index (χ1) is 31.2. The molecule has 0 amide bonds. The van der Waals surface area contributed by atoms with Crippen molar-refractivity contribution in [2.75, 3.05) is 20.8 Å². The van der Waals surface area contributed by atoms with Crippen molar-refractivity contribution in [1.29, 1.82) is 0 Å². The zero-order valence-electron chi connectivity index (χ0n) is 41.1. The minimum absolute atomic E-state index is 0.171. The summed E-state index contributed by atoms with van der Waals surface area (Å²) in [5, 5.41) is 3.48. The summed E-state index contributed by atoms with van der Waals surface area (Å²) in [7, 11) is 3.35. The number of ether oxygens (including phenoxy) is 2. The van der Waals surface area contributed by atoms with Gasteiger partial charge in [-0.05, 0) is 127 Å². The summed E-state index contributed by atoms with van der Waals surface area (Å²) in [5.74, 6) is 0.746. The monoisotopic (exact) mass is 958 g/mol. The first kappa shape index (κ1) is 59.5. The smallest absolute Gasteiger partial charge is 0.123 e. The molecule has 0 atom stereocenters. The fourth-order valence-electron chi connectivity index (χ4n) is 4.83. The Hall–Kier alpha value is -5.52. The lowest BCUT2D eigenvalue weighted by molar-refractivity contribution is 0.215. The molecule has 0 spiro atoms. The molecule has 5 heteroatoms. The highest BCUT2D eigenvalue weighted by Crippen LogP contribution is 2.17. The van der Waals surface area contributed by atoms with Gasteiger partial charge in [0.05, 0.1) is 7.11 Å². The third-order valence-corrected chi connectivity index (χ3v) is 9.52. The summed E-state index contributed by atoms with van der Waals surface area (Å²) in [4.78, 5) is 0. The van der Waals surface area contributed by atoms with Crippen LogP contribution in [0.3, 0.4) is 0 Å². The van der Waals surface area contributed by atoms with Crippen molar-refractivity contribution in [3.05, 3.63) is 254 Å². The lowest BCUT2D eigenvalue weighted by atomic mass is 10.1. The van der Waals surface area contributed by atoms with Crippen molar-refractivity contribution >= 4 is 38.3 Å². The molecule has 0 aliphatic carbocycles. The van der Waals surface area contributed by atoms with Gasteiger partial charge in [0.25, 0.3) is 0 Å². The van der Waals surface area contributed by atoms with Gasteiger partial charge in [-0.15, -0.1) is 0 Å². The van der Waals surface area contributed by atoms with Crippen molar-refractivity contribution in [2.45, 2.75) is 76.2 Å². The molecule has 8 rings (SSSR count). The third kappa shape index (κ3) is 31.9. The van der Waals surface area contributed by atoms with Crippen LogP contribution in [-0.4, -0.2) is 20.8 Å². The van der Waals surface area contributed by atoms with E-state index < -0.39 is 0 Å². The zero-order chi connectivity index (χ0) is 48.8. The number of hydrogen-bond acceptors (Lipinski definition) is 2. The first-order valence-corrected chi connectivity index (χ1v) is 23.1. The lowest BCUT2D eigenvalue weighted by Crippen LogP contribution is -1.80. The van der Waals surface area contributed by atoms with Gasteiger partial charge in [-0.3, -0.25) is 0 Å². The molecule has 8 aromatic carbocycles. The average Bonchev–Trinajstić information content (AvgIpc) is 3.33. The number of benzene rings is 8. The Balaban J connectivity index is 0.000000723. The van der Waals surface area contributed by atoms with Gasteiger partial charge in [0.1, 0.15) is 11.6 Å². The van der Waals surface area contributed by atoms with E-state index >= 15 is 0 Å². The maximum absolute atomic E-state index is 12.1. The molecule has 346 valence electrons. The molecular formula is C60H73BrClFO2. The Bertz CT molecular complexity index is 2050. The minimum atomic E-state index is -0.171. The quantitative estimate of drug-likeness (QED) is 0.172. The molecule has 2 nitrogen and oxygen atoms in total. The van der Waals surface area contributed by atoms with Crippen LogP contribution in [-0.2, 0) is 4.74 Å². The summed E-state index contributed by atoms with van der Waals surface area (Å²) in [6.45, 7) is 23.3. The standard InChI is InChI=1S/C11H10.C8H10O.C8H10.C7H7Br.C7H7Cl.C7H7F.C7H8.C3H8O.C2H6/c1-9-5-4-7-10-6-2-3-8-11(9)10;1-7-3-5-8(9-2)6-4-7;1-7-3-5-8(2)6-4-7;3*1-6-2-4-7(8)5-3-6;1-7-5-3-2-4-6-7;1-3-4-2;1-2/h2-8H,1H3;3-6H,1-2H3;3-6H,1-2H3;3*2-5H,1H3;2-6H,1H3;3H2,1-2H3;1-2H3. The van der Waals surface area contributed by atoms with Crippen LogP contribution in [0.25, 0.3) is 10.8 Å². The molecule has 0 bridgehead atoms. The van der Waals surface area contributed by atoms with Crippen LogP contribution in [0.15, 0.2) is 199 Å².